The molecule has 0 aliphatic carbocycles. The molecule has 8 heteroatoms. The molecular weight excluding hydrogens is 275 g/mol. The van der Waals surface area contributed by atoms with Crippen molar-refractivity contribution < 1.29 is 9.13 Å². The first-order chi connectivity index (χ1) is 10.2. The SMILES string of the molecule is CNc1nc(Oc2cccc(F)c2C#N)c2cn[nH]c2n1. The van der Waals surface area contributed by atoms with E-state index in [1.54, 1.807) is 13.1 Å². The first-order valence-electron chi connectivity index (χ1n) is 5.98. The molecular formula is C13H9FN6O. The van der Waals surface area contributed by atoms with Gasteiger partial charge in [0.1, 0.15) is 28.6 Å². The van der Waals surface area contributed by atoms with E-state index in [2.05, 4.69) is 25.5 Å². The van der Waals surface area contributed by atoms with Crippen LogP contribution in [0.15, 0.2) is 24.4 Å². The summed E-state index contributed by atoms with van der Waals surface area (Å²) in [5, 5.41) is 18.9. The van der Waals surface area contributed by atoms with Gasteiger partial charge in [0.15, 0.2) is 5.65 Å². The second-order valence-corrected chi connectivity index (χ2v) is 4.06. The molecule has 3 aromatic rings. The van der Waals surface area contributed by atoms with E-state index in [0.717, 1.165) is 0 Å². The zero-order valence-electron chi connectivity index (χ0n) is 10.9. The quantitative estimate of drug-likeness (QED) is 0.764. The summed E-state index contributed by atoms with van der Waals surface area (Å²) in [6, 6.07) is 5.92. The van der Waals surface area contributed by atoms with Crippen molar-refractivity contribution in [2.75, 3.05) is 12.4 Å². The summed E-state index contributed by atoms with van der Waals surface area (Å²) < 4.78 is 19.2. The maximum Gasteiger partial charge on any atom is 0.235 e. The first kappa shape index (κ1) is 12.8. The van der Waals surface area contributed by atoms with Crippen LogP contribution in [0.5, 0.6) is 11.6 Å². The van der Waals surface area contributed by atoms with Crippen molar-refractivity contribution in [1.82, 2.24) is 20.2 Å². The lowest BCUT2D eigenvalue weighted by molar-refractivity contribution is 0.462. The smallest absolute Gasteiger partial charge is 0.235 e. The summed E-state index contributed by atoms with van der Waals surface area (Å²) in [5.41, 5.74) is 0.290. The van der Waals surface area contributed by atoms with Gasteiger partial charge in [0.2, 0.25) is 11.8 Å². The molecule has 0 amide bonds. The summed E-state index contributed by atoms with van der Waals surface area (Å²) in [6.45, 7) is 0. The predicted octanol–water partition coefficient (Wildman–Crippen LogP) is 2.20. The van der Waals surface area contributed by atoms with Crippen molar-refractivity contribution in [3.63, 3.8) is 0 Å². The highest BCUT2D eigenvalue weighted by Crippen LogP contribution is 2.30. The van der Waals surface area contributed by atoms with Crippen molar-refractivity contribution in [3.8, 4) is 17.7 Å². The average Bonchev–Trinajstić information content (AvgIpc) is 2.96. The second kappa shape index (κ2) is 5.05. The van der Waals surface area contributed by atoms with E-state index in [9.17, 15) is 4.39 Å². The van der Waals surface area contributed by atoms with Crippen LogP contribution in [0.2, 0.25) is 0 Å². The number of ether oxygens (including phenoxy) is 1. The number of aromatic nitrogens is 4. The first-order valence-corrected chi connectivity index (χ1v) is 5.98. The van der Waals surface area contributed by atoms with Crippen LogP contribution in [0, 0.1) is 17.1 Å². The van der Waals surface area contributed by atoms with Gasteiger partial charge >= 0.3 is 0 Å². The van der Waals surface area contributed by atoms with Crippen LogP contribution < -0.4 is 10.1 Å². The summed E-state index contributed by atoms with van der Waals surface area (Å²) in [7, 11) is 1.66. The third-order valence-corrected chi connectivity index (χ3v) is 2.79. The maximum atomic E-state index is 13.6. The summed E-state index contributed by atoms with van der Waals surface area (Å²) in [6.07, 6.45) is 1.50. The molecule has 7 nitrogen and oxygen atoms in total. The lowest BCUT2D eigenvalue weighted by Crippen LogP contribution is -2.00. The summed E-state index contributed by atoms with van der Waals surface area (Å²) in [5.74, 6) is -0.0704. The van der Waals surface area contributed by atoms with Crippen molar-refractivity contribution in [1.29, 1.82) is 5.26 Å². The van der Waals surface area contributed by atoms with Crippen molar-refractivity contribution in [2.24, 2.45) is 0 Å². The molecule has 0 bridgehead atoms. The molecule has 0 unspecified atom stereocenters. The van der Waals surface area contributed by atoms with Gasteiger partial charge in [0.05, 0.1) is 6.20 Å². The number of hydrogen-bond donors (Lipinski definition) is 2. The Hall–Kier alpha value is -3.21. The van der Waals surface area contributed by atoms with Gasteiger partial charge in [-0.05, 0) is 12.1 Å². The molecule has 0 fully saturated rings. The van der Waals surface area contributed by atoms with Crippen molar-refractivity contribution in [2.45, 2.75) is 0 Å². The minimum atomic E-state index is -0.652. The lowest BCUT2D eigenvalue weighted by Gasteiger charge is -2.08. The van der Waals surface area contributed by atoms with Crippen LogP contribution in [0.3, 0.4) is 0 Å². The highest BCUT2D eigenvalue weighted by molar-refractivity contribution is 5.81. The zero-order valence-corrected chi connectivity index (χ0v) is 10.9. The van der Waals surface area contributed by atoms with Gasteiger partial charge in [-0.2, -0.15) is 20.3 Å². The number of aromatic amines is 1. The Balaban J connectivity index is 2.12. The molecule has 2 heterocycles. The third-order valence-electron chi connectivity index (χ3n) is 2.79. The van der Waals surface area contributed by atoms with Crippen LogP contribution >= 0.6 is 0 Å². The van der Waals surface area contributed by atoms with E-state index in [4.69, 9.17) is 10.00 Å². The number of anilines is 1. The van der Waals surface area contributed by atoms with Gasteiger partial charge in [-0.1, -0.05) is 6.07 Å². The Labute approximate surface area is 118 Å². The van der Waals surface area contributed by atoms with Gasteiger partial charge < -0.3 is 10.1 Å². The summed E-state index contributed by atoms with van der Waals surface area (Å²) >= 11 is 0. The molecule has 2 N–H and O–H groups in total. The number of halogens is 1. The molecule has 0 aliphatic rings. The van der Waals surface area contributed by atoms with Gasteiger partial charge in [0.25, 0.3) is 0 Å². The fourth-order valence-electron chi connectivity index (χ4n) is 1.80. The number of nitrogens with one attached hydrogen (secondary N) is 2. The monoisotopic (exact) mass is 284 g/mol. The van der Waals surface area contributed by atoms with Gasteiger partial charge in [-0.25, -0.2) is 4.39 Å². The number of H-pyrrole nitrogens is 1. The normalized spacial score (nSPS) is 10.3. The second-order valence-electron chi connectivity index (χ2n) is 4.06. The molecule has 1 aromatic carbocycles. The lowest BCUT2D eigenvalue weighted by atomic mass is 10.2. The van der Waals surface area contributed by atoms with E-state index < -0.39 is 5.82 Å². The molecule has 3 rings (SSSR count). The third kappa shape index (κ3) is 2.21. The Morgan fingerprint density at radius 2 is 2.24 bits per heavy atom. The fourth-order valence-corrected chi connectivity index (χ4v) is 1.80. The average molecular weight is 284 g/mol. The number of rotatable bonds is 3. The van der Waals surface area contributed by atoms with Crippen LogP contribution in [0.4, 0.5) is 10.3 Å². The number of hydrogen-bond acceptors (Lipinski definition) is 6. The van der Waals surface area contributed by atoms with Crippen LogP contribution in [-0.4, -0.2) is 27.2 Å². The van der Waals surface area contributed by atoms with E-state index >= 15 is 0 Å². The number of nitriles is 1. The molecule has 0 spiro atoms. The number of benzene rings is 1. The van der Waals surface area contributed by atoms with Crippen molar-refractivity contribution >= 4 is 17.0 Å². The zero-order chi connectivity index (χ0) is 14.8. The Bertz CT molecular complexity index is 853. The topological polar surface area (TPSA) is 99.5 Å². The van der Waals surface area contributed by atoms with Crippen LogP contribution in [-0.2, 0) is 0 Å². The molecule has 0 saturated carbocycles. The highest BCUT2D eigenvalue weighted by Gasteiger charge is 2.15. The Kier molecular flexibility index (Phi) is 3.08. The van der Waals surface area contributed by atoms with Crippen LogP contribution in [0.1, 0.15) is 5.56 Å². The Morgan fingerprint density at radius 1 is 1.38 bits per heavy atom. The molecule has 104 valence electrons. The number of nitrogens with zero attached hydrogens (tertiary/aromatic N) is 4. The van der Waals surface area contributed by atoms with Crippen LogP contribution in [0.25, 0.3) is 11.0 Å². The molecule has 0 aliphatic heterocycles. The molecule has 0 radical (unpaired) electrons. The molecule has 0 saturated heterocycles. The summed E-state index contributed by atoms with van der Waals surface area (Å²) in [4.78, 5) is 8.31. The molecule has 0 atom stereocenters. The highest BCUT2D eigenvalue weighted by atomic mass is 19.1. The Morgan fingerprint density at radius 3 is 3.00 bits per heavy atom. The standard InChI is InChI=1S/C13H9FN6O/c1-16-13-18-11-8(6-17-20-11)12(19-13)21-10-4-2-3-9(14)7(10)5-15/h2-4,6H,1H3,(H2,16,17,18,19,20). The maximum absolute atomic E-state index is 13.6. The largest absolute Gasteiger partial charge is 0.437 e. The minimum Gasteiger partial charge on any atom is -0.437 e. The number of fused-ring (bicyclic) bond motifs is 1. The van der Waals surface area contributed by atoms with E-state index in [1.807, 2.05) is 0 Å². The minimum absolute atomic E-state index is 0.0840. The van der Waals surface area contributed by atoms with E-state index in [1.165, 1.54) is 24.4 Å². The van der Waals surface area contributed by atoms with Gasteiger partial charge in [-0.3, -0.25) is 5.10 Å². The van der Waals surface area contributed by atoms with Crippen molar-refractivity contribution in [3.05, 3.63) is 35.8 Å². The van der Waals surface area contributed by atoms with Gasteiger partial charge in [0, 0.05) is 7.05 Å². The molecule has 2 aromatic heterocycles. The molecule has 21 heavy (non-hydrogen) atoms. The van der Waals surface area contributed by atoms with E-state index in [-0.39, 0.29) is 17.2 Å². The fraction of sp³-hybridized carbons (Fsp3) is 0.0769. The van der Waals surface area contributed by atoms with Gasteiger partial charge in [-0.15, -0.1) is 0 Å². The van der Waals surface area contributed by atoms with E-state index in [0.29, 0.717) is 17.0 Å². The predicted molar refractivity (Wildman–Crippen MR) is 72.4 cm³/mol.